The number of ether oxygens (including phenoxy) is 3. The van der Waals surface area contributed by atoms with E-state index in [1.54, 1.807) is 6.92 Å². The van der Waals surface area contributed by atoms with Crippen molar-refractivity contribution in [3.05, 3.63) is 69.7 Å². The molecule has 1 heterocycles. The van der Waals surface area contributed by atoms with Crippen molar-refractivity contribution in [3.8, 4) is 0 Å². The van der Waals surface area contributed by atoms with Crippen LogP contribution in [0.15, 0.2) is 48.5 Å². The van der Waals surface area contributed by atoms with Gasteiger partial charge < -0.3 is 14.2 Å². The number of esters is 1. The van der Waals surface area contributed by atoms with Gasteiger partial charge in [-0.1, -0.05) is 47.5 Å². The summed E-state index contributed by atoms with van der Waals surface area (Å²) in [4.78, 5) is 12.2. The second-order valence-electron chi connectivity index (χ2n) is 6.77. The third-order valence-corrected chi connectivity index (χ3v) is 5.47. The van der Waals surface area contributed by atoms with Crippen LogP contribution in [-0.2, 0) is 24.6 Å². The summed E-state index contributed by atoms with van der Waals surface area (Å²) >= 11 is 12.2. The second-order valence-corrected chi connectivity index (χ2v) is 7.64. The first-order chi connectivity index (χ1) is 13.4. The molecule has 1 aliphatic heterocycles. The van der Waals surface area contributed by atoms with Gasteiger partial charge in [-0.2, -0.15) is 0 Å². The number of hydrogen-bond donors (Lipinski definition) is 0. The Balaban J connectivity index is 2.03. The van der Waals surface area contributed by atoms with E-state index in [9.17, 15) is 4.79 Å². The van der Waals surface area contributed by atoms with Gasteiger partial charge in [0.15, 0.2) is 5.79 Å². The zero-order valence-corrected chi connectivity index (χ0v) is 17.6. The normalized spacial score (nSPS) is 20.9. The summed E-state index contributed by atoms with van der Waals surface area (Å²) in [7, 11) is 0. The van der Waals surface area contributed by atoms with Crippen LogP contribution in [0.25, 0.3) is 0 Å². The molecule has 1 fully saturated rings. The first kappa shape index (κ1) is 21.1. The minimum Gasteiger partial charge on any atom is -0.466 e. The van der Waals surface area contributed by atoms with Crippen LogP contribution in [-0.4, -0.2) is 25.0 Å². The predicted octanol–water partition coefficient (Wildman–Crippen LogP) is 5.73. The van der Waals surface area contributed by atoms with E-state index in [-0.39, 0.29) is 12.4 Å². The summed E-state index contributed by atoms with van der Waals surface area (Å²) in [6.45, 7) is 4.42. The van der Waals surface area contributed by atoms with E-state index >= 15 is 0 Å². The Bertz CT molecular complexity index is 759. The molecule has 150 valence electrons. The third-order valence-electron chi connectivity index (χ3n) is 4.97. The van der Waals surface area contributed by atoms with Gasteiger partial charge in [0.25, 0.3) is 0 Å². The monoisotopic (exact) mass is 422 g/mol. The summed E-state index contributed by atoms with van der Waals surface area (Å²) in [5.74, 6) is -1.38. The molecule has 0 bridgehead atoms. The molecule has 1 saturated heterocycles. The minimum atomic E-state index is -1.04. The fourth-order valence-electron chi connectivity index (χ4n) is 3.77. The summed E-state index contributed by atoms with van der Waals surface area (Å²) in [6.07, 6.45) is 1.25. The Labute approximate surface area is 175 Å². The van der Waals surface area contributed by atoms with E-state index in [2.05, 4.69) is 0 Å². The molecule has 0 aliphatic carbocycles. The maximum atomic E-state index is 12.2. The lowest BCUT2D eigenvalue weighted by molar-refractivity contribution is -0.249. The van der Waals surface area contributed by atoms with Gasteiger partial charge in [-0.15, -0.1) is 0 Å². The van der Waals surface area contributed by atoms with Crippen LogP contribution in [0.4, 0.5) is 0 Å². The molecule has 28 heavy (non-hydrogen) atoms. The minimum absolute atomic E-state index is 0.0393. The van der Waals surface area contributed by atoms with Crippen molar-refractivity contribution in [1.29, 1.82) is 0 Å². The number of benzene rings is 2. The average molecular weight is 423 g/mol. The molecule has 3 rings (SSSR count). The summed E-state index contributed by atoms with van der Waals surface area (Å²) in [5.41, 5.74) is 1.13. The highest BCUT2D eigenvalue weighted by Crippen LogP contribution is 2.51. The molecule has 1 aliphatic rings. The molecular weight excluding hydrogens is 399 g/mol. The van der Waals surface area contributed by atoms with Crippen LogP contribution in [0, 0.1) is 0 Å². The lowest BCUT2D eigenvalue weighted by atomic mass is 9.84. The summed E-state index contributed by atoms with van der Waals surface area (Å²) in [5, 5.41) is 1.30. The van der Waals surface area contributed by atoms with Crippen molar-refractivity contribution < 1.29 is 19.0 Å². The Morgan fingerprint density at radius 3 is 1.93 bits per heavy atom. The van der Waals surface area contributed by atoms with Gasteiger partial charge in [0, 0.05) is 23.1 Å². The molecular formula is C22H24Cl2O4. The molecule has 6 heteroatoms. The van der Waals surface area contributed by atoms with Crippen molar-refractivity contribution in [3.63, 3.8) is 0 Å². The Kier molecular flexibility index (Phi) is 6.66. The van der Waals surface area contributed by atoms with Crippen LogP contribution < -0.4 is 0 Å². The van der Waals surface area contributed by atoms with Crippen molar-refractivity contribution >= 4 is 29.2 Å². The quantitative estimate of drug-likeness (QED) is 0.534. The molecule has 2 aromatic carbocycles. The van der Waals surface area contributed by atoms with Gasteiger partial charge in [-0.3, -0.25) is 4.79 Å². The number of carbonyl (C=O) groups excluding carboxylic acids is 1. The number of carbonyl (C=O) groups is 1. The Hall–Kier alpha value is -1.59. The predicted molar refractivity (Wildman–Crippen MR) is 110 cm³/mol. The van der Waals surface area contributed by atoms with Gasteiger partial charge >= 0.3 is 5.97 Å². The molecule has 4 nitrogen and oxygen atoms in total. The van der Waals surface area contributed by atoms with E-state index in [0.29, 0.717) is 36.1 Å². The van der Waals surface area contributed by atoms with Gasteiger partial charge in [0.1, 0.15) is 5.60 Å². The Morgan fingerprint density at radius 1 is 0.929 bits per heavy atom. The fourth-order valence-corrected chi connectivity index (χ4v) is 4.02. The zero-order chi connectivity index (χ0) is 20.2. The standard InChI is InChI=1S/C22H24Cl2O4/c1-3-26-20(25)15-21(27-4-2)13-14-22(28-21,16-5-9-18(23)10-6-16)17-7-11-19(24)12-8-17/h5-12H,3-4,13-15H2,1-2H3. The van der Waals surface area contributed by atoms with Crippen LogP contribution in [0.5, 0.6) is 0 Å². The van der Waals surface area contributed by atoms with Gasteiger partial charge in [-0.25, -0.2) is 0 Å². The van der Waals surface area contributed by atoms with E-state index in [1.807, 2.05) is 55.5 Å². The summed E-state index contributed by atoms with van der Waals surface area (Å²) < 4.78 is 17.8. The van der Waals surface area contributed by atoms with E-state index in [0.717, 1.165) is 11.1 Å². The highest BCUT2D eigenvalue weighted by Gasteiger charge is 2.53. The van der Waals surface area contributed by atoms with Gasteiger partial charge in [0.05, 0.1) is 13.0 Å². The number of rotatable bonds is 7. The van der Waals surface area contributed by atoms with Crippen LogP contribution in [0.2, 0.25) is 10.0 Å². The largest absolute Gasteiger partial charge is 0.466 e. The second kappa shape index (κ2) is 8.83. The highest BCUT2D eigenvalue weighted by atomic mass is 35.5. The fraction of sp³-hybridized carbons (Fsp3) is 0.409. The lowest BCUT2D eigenvalue weighted by Crippen LogP contribution is -2.39. The summed E-state index contributed by atoms with van der Waals surface area (Å²) in [6, 6.07) is 15.1. The van der Waals surface area contributed by atoms with Crippen molar-refractivity contribution in [2.45, 2.75) is 44.5 Å². The van der Waals surface area contributed by atoms with Gasteiger partial charge in [0.2, 0.25) is 0 Å². The van der Waals surface area contributed by atoms with Crippen LogP contribution >= 0.6 is 23.2 Å². The topological polar surface area (TPSA) is 44.8 Å². The van der Waals surface area contributed by atoms with Crippen LogP contribution in [0.3, 0.4) is 0 Å². The molecule has 0 saturated carbocycles. The van der Waals surface area contributed by atoms with Crippen LogP contribution in [0.1, 0.15) is 44.2 Å². The molecule has 0 aromatic heterocycles. The van der Waals surface area contributed by atoms with E-state index in [4.69, 9.17) is 37.4 Å². The highest BCUT2D eigenvalue weighted by molar-refractivity contribution is 6.30. The maximum absolute atomic E-state index is 12.2. The maximum Gasteiger partial charge on any atom is 0.311 e. The average Bonchev–Trinajstić information content (AvgIpc) is 3.03. The van der Waals surface area contributed by atoms with Crippen molar-refractivity contribution in [2.24, 2.45) is 0 Å². The first-order valence-corrected chi connectivity index (χ1v) is 10.2. The van der Waals surface area contributed by atoms with E-state index < -0.39 is 11.4 Å². The lowest BCUT2D eigenvalue weighted by Gasteiger charge is -2.35. The number of hydrogen-bond acceptors (Lipinski definition) is 4. The van der Waals surface area contributed by atoms with Crippen molar-refractivity contribution in [2.75, 3.05) is 13.2 Å². The molecule has 0 spiro atoms. The molecule has 2 aromatic rings. The smallest absolute Gasteiger partial charge is 0.311 e. The SMILES string of the molecule is CCOC(=O)CC1(OCC)CCC(c2ccc(Cl)cc2)(c2ccc(Cl)cc2)O1. The number of halogens is 2. The molecule has 1 unspecified atom stereocenters. The molecule has 1 atom stereocenters. The molecule has 0 N–H and O–H groups in total. The first-order valence-electron chi connectivity index (χ1n) is 9.45. The van der Waals surface area contributed by atoms with Crippen molar-refractivity contribution in [1.82, 2.24) is 0 Å². The zero-order valence-electron chi connectivity index (χ0n) is 16.0. The third kappa shape index (κ3) is 4.36. The molecule has 0 amide bonds. The van der Waals surface area contributed by atoms with E-state index in [1.165, 1.54) is 0 Å². The van der Waals surface area contributed by atoms with Gasteiger partial charge in [-0.05, 0) is 55.7 Å². The Morgan fingerprint density at radius 2 is 1.46 bits per heavy atom. The molecule has 0 radical (unpaired) electrons.